The second-order valence-corrected chi connectivity index (χ2v) is 7.06. The van der Waals surface area contributed by atoms with Crippen LogP contribution in [0, 0.1) is 10.1 Å². The maximum absolute atomic E-state index is 11.4. The van der Waals surface area contributed by atoms with Crippen molar-refractivity contribution in [3.05, 3.63) is 63.7 Å². The summed E-state index contributed by atoms with van der Waals surface area (Å²) >= 11 is 1.04. The van der Waals surface area contributed by atoms with Crippen molar-refractivity contribution in [1.29, 1.82) is 0 Å². The summed E-state index contributed by atoms with van der Waals surface area (Å²) in [5.41, 5.74) is 7.03. The molecule has 0 bridgehead atoms. The van der Waals surface area contributed by atoms with Gasteiger partial charge in [-0.2, -0.15) is 4.68 Å². The molecule has 9 nitrogen and oxygen atoms in total. The number of hydrogen-bond acceptors (Lipinski definition) is 7. The maximum Gasteiger partial charge on any atom is 0.284 e. The Morgan fingerprint density at radius 2 is 2.00 bits per heavy atom. The fourth-order valence-electron chi connectivity index (χ4n) is 2.59. The first-order valence-electron chi connectivity index (χ1n) is 8.63. The highest BCUT2D eigenvalue weighted by Crippen LogP contribution is 2.34. The number of tetrazole rings is 1. The molecule has 10 heteroatoms. The molecule has 28 heavy (non-hydrogen) atoms. The molecule has 0 fully saturated rings. The van der Waals surface area contributed by atoms with E-state index >= 15 is 0 Å². The molecular formula is C18H18N6O3S. The smallest absolute Gasteiger partial charge is 0.284 e. The molecule has 0 aliphatic heterocycles. The van der Waals surface area contributed by atoms with E-state index in [1.54, 1.807) is 0 Å². The normalized spacial score (nSPS) is 10.8. The lowest BCUT2D eigenvalue weighted by atomic mass is 10.1. The number of amides is 1. The van der Waals surface area contributed by atoms with Crippen molar-refractivity contribution < 1.29 is 9.72 Å². The number of carbonyl (C=O) groups is 1. The topological polar surface area (TPSA) is 130 Å². The summed E-state index contributed by atoms with van der Waals surface area (Å²) in [6, 6.07) is 11.9. The number of primary amides is 1. The Morgan fingerprint density at radius 1 is 1.25 bits per heavy atom. The summed E-state index contributed by atoms with van der Waals surface area (Å²) in [5.74, 6) is -0.729. The number of rotatable bonds is 8. The van der Waals surface area contributed by atoms with Gasteiger partial charge in [0.05, 0.1) is 15.5 Å². The van der Waals surface area contributed by atoms with Crippen LogP contribution in [0.5, 0.6) is 0 Å². The molecule has 3 rings (SSSR count). The van der Waals surface area contributed by atoms with Crippen molar-refractivity contribution in [2.45, 2.75) is 36.2 Å². The van der Waals surface area contributed by atoms with Gasteiger partial charge < -0.3 is 5.73 Å². The molecule has 0 saturated carbocycles. The van der Waals surface area contributed by atoms with E-state index in [0.717, 1.165) is 42.8 Å². The number of carbonyl (C=O) groups excluding carboxylic acids is 1. The third-order valence-electron chi connectivity index (χ3n) is 4.08. The standard InChI is InChI=1S/C18H18N6O3S/c1-2-3-4-12-5-8-14(9-6-12)23-18(20-21-22-23)28-16-10-7-13(17(19)25)11-15(16)24(26)27/h5-11H,2-4H2,1H3,(H2,19,25). The van der Waals surface area contributed by atoms with Gasteiger partial charge in [0.2, 0.25) is 11.1 Å². The van der Waals surface area contributed by atoms with Gasteiger partial charge in [0.1, 0.15) is 0 Å². The van der Waals surface area contributed by atoms with Gasteiger partial charge in [-0.1, -0.05) is 25.5 Å². The zero-order valence-corrected chi connectivity index (χ0v) is 15.9. The Labute approximate surface area is 165 Å². The average molecular weight is 398 g/mol. The van der Waals surface area contributed by atoms with Crippen LogP contribution in [-0.4, -0.2) is 31.0 Å². The molecule has 0 spiro atoms. The molecule has 1 amide bonds. The Morgan fingerprint density at radius 3 is 2.64 bits per heavy atom. The minimum atomic E-state index is -0.729. The summed E-state index contributed by atoms with van der Waals surface area (Å²) < 4.78 is 1.51. The molecule has 2 aromatic carbocycles. The molecule has 0 atom stereocenters. The number of benzene rings is 2. The molecule has 144 valence electrons. The maximum atomic E-state index is 11.4. The van der Waals surface area contributed by atoms with Crippen molar-refractivity contribution in [2.24, 2.45) is 5.73 Å². The summed E-state index contributed by atoms with van der Waals surface area (Å²) in [7, 11) is 0. The van der Waals surface area contributed by atoms with Crippen LogP contribution in [-0.2, 0) is 6.42 Å². The largest absolute Gasteiger partial charge is 0.366 e. The molecule has 0 radical (unpaired) electrons. The summed E-state index contributed by atoms with van der Waals surface area (Å²) in [6.45, 7) is 2.15. The molecule has 0 aliphatic rings. The Balaban J connectivity index is 1.89. The number of nitro benzene ring substituents is 1. The zero-order chi connectivity index (χ0) is 20.1. The van der Waals surface area contributed by atoms with Crippen LogP contribution in [0.2, 0.25) is 0 Å². The minimum Gasteiger partial charge on any atom is -0.366 e. The van der Waals surface area contributed by atoms with E-state index in [-0.39, 0.29) is 11.3 Å². The van der Waals surface area contributed by atoms with Crippen LogP contribution in [0.3, 0.4) is 0 Å². The van der Waals surface area contributed by atoms with E-state index in [1.165, 1.54) is 22.4 Å². The lowest BCUT2D eigenvalue weighted by Gasteiger charge is -2.07. The number of nitrogens with two attached hydrogens (primary N) is 1. The number of hydrogen-bond donors (Lipinski definition) is 1. The fourth-order valence-corrected chi connectivity index (χ4v) is 3.46. The van der Waals surface area contributed by atoms with Crippen molar-refractivity contribution in [2.75, 3.05) is 0 Å². The minimum absolute atomic E-state index is 0.0679. The number of nitro groups is 1. The van der Waals surface area contributed by atoms with E-state index in [1.807, 2.05) is 24.3 Å². The average Bonchev–Trinajstić information content (AvgIpc) is 3.14. The van der Waals surface area contributed by atoms with Crippen molar-refractivity contribution in [3.8, 4) is 5.69 Å². The molecule has 2 N–H and O–H groups in total. The van der Waals surface area contributed by atoms with Gasteiger partial charge in [-0.3, -0.25) is 14.9 Å². The van der Waals surface area contributed by atoms with Gasteiger partial charge in [-0.05, 0) is 64.9 Å². The quantitative estimate of drug-likeness (QED) is 0.455. The summed E-state index contributed by atoms with van der Waals surface area (Å²) in [5, 5.41) is 23.4. The number of unbranched alkanes of at least 4 members (excludes halogenated alkanes) is 1. The zero-order valence-electron chi connectivity index (χ0n) is 15.1. The van der Waals surface area contributed by atoms with Crippen LogP contribution >= 0.6 is 11.8 Å². The van der Waals surface area contributed by atoms with Crippen LogP contribution in [0.25, 0.3) is 5.69 Å². The highest BCUT2D eigenvalue weighted by atomic mass is 32.2. The van der Waals surface area contributed by atoms with Gasteiger partial charge in [0, 0.05) is 11.6 Å². The van der Waals surface area contributed by atoms with Crippen LogP contribution in [0.15, 0.2) is 52.5 Å². The third kappa shape index (κ3) is 4.34. The third-order valence-corrected chi connectivity index (χ3v) is 5.08. The Hall–Kier alpha value is -3.27. The van der Waals surface area contributed by atoms with E-state index in [0.29, 0.717) is 10.1 Å². The molecule has 1 aromatic heterocycles. The molecule has 3 aromatic rings. The van der Waals surface area contributed by atoms with Crippen LogP contribution in [0.4, 0.5) is 5.69 Å². The SMILES string of the molecule is CCCCc1ccc(-n2nnnc2Sc2ccc(C(N)=O)cc2[N+](=O)[O-])cc1. The Bertz CT molecular complexity index is 1000. The predicted molar refractivity (Wildman–Crippen MR) is 104 cm³/mol. The van der Waals surface area contributed by atoms with Gasteiger partial charge in [-0.25, -0.2) is 0 Å². The first kappa shape index (κ1) is 19.5. The second kappa shape index (κ2) is 8.61. The van der Waals surface area contributed by atoms with Crippen LogP contribution < -0.4 is 5.73 Å². The van der Waals surface area contributed by atoms with Crippen molar-refractivity contribution in [1.82, 2.24) is 20.2 Å². The van der Waals surface area contributed by atoms with E-state index in [2.05, 4.69) is 22.4 Å². The molecule has 0 unspecified atom stereocenters. The molecule has 0 aliphatic carbocycles. The van der Waals surface area contributed by atoms with E-state index in [4.69, 9.17) is 5.73 Å². The lowest BCUT2D eigenvalue weighted by molar-refractivity contribution is -0.387. The first-order chi connectivity index (χ1) is 13.5. The Kier molecular flexibility index (Phi) is 5.99. The monoisotopic (exact) mass is 398 g/mol. The fraction of sp³-hybridized carbons (Fsp3) is 0.222. The lowest BCUT2D eigenvalue weighted by Crippen LogP contribution is -2.11. The summed E-state index contributed by atoms with van der Waals surface area (Å²) in [4.78, 5) is 22.4. The van der Waals surface area contributed by atoms with Gasteiger partial charge in [0.25, 0.3) is 5.69 Å². The molecule has 0 saturated heterocycles. The summed E-state index contributed by atoms with van der Waals surface area (Å²) in [6.07, 6.45) is 3.26. The highest BCUT2D eigenvalue weighted by Gasteiger charge is 2.20. The van der Waals surface area contributed by atoms with Gasteiger partial charge in [-0.15, -0.1) is 5.10 Å². The number of nitrogens with zero attached hydrogens (tertiary/aromatic N) is 5. The van der Waals surface area contributed by atoms with Crippen molar-refractivity contribution in [3.63, 3.8) is 0 Å². The van der Waals surface area contributed by atoms with Gasteiger partial charge >= 0.3 is 0 Å². The number of aromatic nitrogens is 4. The predicted octanol–water partition coefficient (Wildman–Crippen LogP) is 3.16. The van der Waals surface area contributed by atoms with E-state index in [9.17, 15) is 14.9 Å². The highest BCUT2D eigenvalue weighted by molar-refractivity contribution is 7.99. The van der Waals surface area contributed by atoms with Gasteiger partial charge in [0.15, 0.2) is 0 Å². The molecule has 1 heterocycles. The second-order valence-electron chi connectivity index (χ2n) is 6.05. The number of aryl methyl sites for hydroxylation is 1. The van der Waals surface area contributed by atoms with Crippen LogP contribution in [0.1, 0.15) is 35.7 Å². The van der Waals surface area contributed by atoms with Crippen molar-refractivity contribution >= 4 is 23.4 Å². The van der Waals surface area contributed by atoms with E-state index < -0.39 is 10.8 Å². The first-order valence-corrected chi connectivity index (χ1v) is 9.45. The molecular weight excluding hydrogens is 380 g/mol.